The fourth-order valence-electron chi connectivity index (χ4n) is 3.33. The van der Waals surface area contributed by atoms with E-state index >= 15 is 0 Å². The van der Waals surface area contributed by atoms with Crippen molar-refractivity contribution in [1.29, 1.82) is 0 Å². The molecule has 4 rings (SSSR count). The van der Waals surface area contributed by atoms with Crippen LogP contribution in [0.4, 0.5) is 0 Å². The first-order chi connectivity index (χ1) is 15.7. The van der Waals surface area contributed by atoms with Gasteiger partial charge in [-0.05, 0) is 41.0 Å². The lowest BCUT2D eigenvalue weighted by Crippen LogP contribution is -2.05. The van der Waals surface area contributed by atoms with E-state index in [9.17, 15) is 0 Å². The molecular weight excluding hydrogens is 404 g/mol. The van der Waals surface area contributed by atoms with Gasteiger partial charge in [-0.15, -0.1) is 0 Å². The molecule has 0 bridgehead atoms. The van der Waals surface area contributed by atoms with Crippen LogP contribution in [0.5, 0.6) is 23.0 Å². The largest absolute Gasteiger partial charge is 0.497 e. The zero-order valence-electron chi connectivity index (χ0n) is 18.2. The first-order valence-electron chi connectivity index (χ1n) is 10.3. The summed E-state index contributed by atoms with van der Waals surface area (Å²) in [6.07, 6.45) is 5.46. The molecule has 0 N–H and O–H groups in total. The van der Waals surface area contributed by atoms with Gasteiger partial charge in [-0.3, -0.25) is 0 Å². The summed E-state index contributed by atoms with van der Waals surface area (Å²) < 4.78 is 25.3. The Morgan fingerprint density at radius 1 is 0.750 bits per heavy atom. The molecule has 0 aliphatic rings. The Hall–Kier alpha value is -3.93. The summed E-state index contributed by atoms with van der Waals surface area (Å²) in [5.74, 6) is 2.65. The highest BCUT2D eigenvalue weighted by Gasteiger charge is 2.16. The summed E-state index contributed by atoms with van der Waals surface area (Å²) in [6.45, 7) is 1.45. The predicted octanol–water partition coefficient (Wildman–Crippen LogP) is 5.11. The fourth-order valence-corrected chi connectivity index (χ4v) is 3.33. The number of methoxy groups -OCH3 is 2. The average molecular weight is 431 g/mol. The maximum atomic E-state index is 6.22. The van der Waals surface area contributed by atoms with E-state index in [1.807, 2.05) is 77.5 Å². The Balaban J connectivity index is 1.60. The summed E-state index contributed by atoms with van der Waals surface area (Å²) in [4.78, 5) is 4.12. The number of benzene rings is 3. The predicted molar refractivity (Wildman–Crippen MR) is 122 cm³/mol. The van der Waals surface area contributed by atoms with Crippen molar-refractivity contribution in [2.75, 3.05) is 14.2 Å². The highest BCUT2D eigenvalue weighted by atomic mass is 16.5. The molecule has 0 aliphatic heterocycles. The second-order valence-electron chi connectivity index (χ2n) is 7.27. The number of hydrogen-bond donors (Lipinski definition) is 0. The smallest absolute Gasteiger partial charge is 0.203 e. The highest BCUT2D eigenvalue weighted by molar-refractivity contribution is 5.54. The van der Waals surface area contributed by atoms with Gasteiger partial charge in [-0.1, -0.05) is 42.5 Å². The van der Waals surface area contributed by atoms with Crippen molar-refractivity contribution in [2.45, 2.75) is 19.8 Å². The molecule has 0 radical (unpaired) electrons. The maximum Gasteiger partial charge on any atom is 0.203 e. The molecule has 0 unspecified atom stereocenters. The molecule has 0 fully saturated rings. The standard InChI is InChI=1S/C26H26N2O4/c1-29-23-10-8-21(9-11-23)17-31-25-15-22(16-28-13-12-27-19-28)14-24(30-2)26(25)32-18-20-6-4-3-5-7-20/h3-15,19H,16-18H2,1-2H3. The monoisotopic (exact) mass is 430 g/mol. The van der Waals surface area contributed by atoms with Crippen LogP contribution in [0.15, 0.2) is 85.5 Å². The van der Waals surface area contributed by atoms with Gasteiger partial charge in [-0.25, -0.2) is 4.98 Å². The summed E-state index contributed by atoms with van der Waals surface area (Å²) >= 11 is 0. The first-order valence-corrected chi connectivity index (χ1v) is 10.3. The molecule has 3 aromatic carbocycles. The molecule has 0 saturated carbocycles. The van der Waals surface area contributed by atoms with Crippen LogP contribution in [-0.4, -0.2) is 23.8 Å². The zero-order chi connectivity index (χ0) is 22.2. The van der Waals surface area contributed by atoms with Crippen LogP contribution in [0, 0.1) is 0 Å². The van der Waals surface area contributed by atoms with Crippen molar-refractivity contribution in [3.8, 4) is 23.0 Å². The molecule has 164 valence electrons. The first kappa shape index (κ1) is 21.3. The van der Waals surface area contributed by atoms with E-state index < -0.39 is 0 Å². The molecule has 1 aromatic heterocycles. The number of imidazole rings is 1. The molecule has 32 heavy (non-hydrogen) atoms. The molecule has 4 aromatic rings. The second kappa shape index (κ2) is 10.4. The average Bonchev–Trinajstić information content (AvgIpc) is 3.35. The zero-order valence-corrected chi connectivity index (χ0v) is 18.2. The lowest BCUT2D eigenvalue weighted by Gasteiger charge is -2.18. The van der Waals surface area contributed by atoms with Crippen LogP contribution >= 0.6 is 0 Å². The van der Waals surface area contributed by atoms with Crippen molar-refractivity contribution >= 4 is 0 Å². The third-order valence-electron chi connectivity index (χ3n) is 5.00. The molecule has 0 amide bonds. The van der Waals surface area contributed by atoms with Gasteiger partial charge in [0, 0.05) is 18.9 Å². The van der Waals surface area contributed by atoms with Gasteiger partial charge in [-0.2, -0.15) is 0 Å². The van der Waals surface area contributed by atoms with Crippen LogP contribution in [0.25, 0.3) is 0 Å². The molecule has 0 spiro atoms. The fraction of sp³-hybridized carbons (Fsp3) is 0.192. The third kappa shape index (κ3) is 5.40. The van der Waals surface area contributed by atoms with Crippen molar-refractivity contribution in [3.63, 3.8) is 0 Å². The quantitative estimate of drug-likeness (QED) is 0.350. The number of rotatable bonds is 10. The van der Waals surface area contributed by atoms with E-state index in [-0.39, 0.29) is 0 Å². The van der Waals surface area contributed by atoms with Gasteiger partial charge in [0.05, 0.1) is 20.5 Å². The maximum absolute atomic E-state index is 6.22. The van der Waals surface area contributed by atoms with Crippen molar-refractivity contribution in [3.05, 3.63) is 102 Å². The van der Waals surface area contributed by atoms with Gasteiger partial charge >= 0.3 is 0 Å². The molecule has 6 heteroatoms. The van der Waals surface area contributed by atoms with E-state index in [4.69, 9.17) is 18.9 Å². The van der Waals surface area contributed by atoms with Crippen LogP contribution in [-0.2, 0) is 19.8 Å². The molecule has 1 heterocycles. The Morgan fingerprint density at radius 2 is 1.47 bits per heavy atom. The second-order valence-corrected chi connectivity index (χ2v) is 7.27. The highest BCUT2D eigenvalue weighted by Crippen LogP contribution is 2.40. The normalized spacial score (nSPS) is 10.6. The van der Waals surface area contributed by atoms with Gasteiger partial charge in [0.2, 0.25) is 5.75 Å². The number of ether oxygens (including phenoxy) is 4. The summed E-state index contributed by atoms with van der Waals surface area (Å²) in [5, 5.41) is 0. The number of aromatic nitrogens is 2. The van der Waals surface area contributed by atoms with Crippen LogP contribution in [0.3, 0.4) is 0 Å². The number of hydrogen-bond acceptors (Lipinski definition) is 5. The van der Waals surface area contributed by atoms with E-state index in [0.717, 1.165) is 22.4 Å². The molecular formula is C26H26N2O4. The molecule has 0 atom stereocenters. The lowest BCUT2D eigenvalue weighted by molar-refractivity contribution is 0.243. The minimum Gasteiger partial charge on any atom is -0.497 e. The molecule has 6 nitrogen and oxygen atoms in total. The van der Waals surface area contributed by atoms with Crippen molar-refractivity contribution in [2.24, 2.45) is 0 Å². The molecule has 0 saturated heterocycles. The van der Waals surface area contributed by atoms with Gasteiger partial charge in [0.1, 0.15) is 19.0 Å². The van der Waals surface area contributed by atoms with Gasteiger partial charge in [0.15, 0.2) is 11.5 Å². The Labute approximate surface area is 188 Å². The van der Waals surface area contributed by atoms with Gasteiger partial charge < -0.3 is 23.5 Å². The summed E-state index contributed by atoms with van der Waals surface area (Å²) in [6, 6.07) is 21.8. The van der Waals surface area contributed by atoms with E-state index in [1.165, 1.54) is 0 Å². The van der Waals surface area contributed by atoms with Crippen LogP contribution in [0.1, 0.15) is 16.7 Å². The van der Waals surface area contributed by atoms with E-state index in [2.05, 4.69) is 4.98 Å². The van der Waals surface area contributed by atoms with E-state index in [0.29, 0.717) is 37.0 Å². The van der Waals surface area contributed by atoms with Gasteiger partial charge in [0.25, 0.3) is 0 Å². The topological polar surface area (TPSA) is 54.7 Å². The minimum atomic E-state index is 0.392. The minimum absolute atomic E-state index is 0.392. The SMILES string of the molecule is COc1ccc(COc2cc(Cn3ccnc3)cc(OC)c2OCc2ccccc2)cc1. The van der Waals surface area contributed by atoms with Crippen molar-refractivity contribution in [1.82, 2.24) is 9.55 Å². The summed E-state index contributed by atoms with van der Waals surface area (Å²) in [5.41, 5.74) is 3.12. The van der Waals surface area contributed by atoms with Crippen LogP contribution < -0.4 is 18.9 Å². The molecule has 0 aliphatic carbocycles. The lowest BCUT2D eigenvalue weighted by atomic mass is 10.1. The Kier molecular flexibility index (Phi) is 6.92. The van der Waals surface area contributed by atoms with Crippen molar-refractivity contribution < 1.29 is 18.9 Å². The Morgan fingerprint density at radius 3 is 2.16 bits per heavy atom. The van der Waals surface area contributed by atoms with E-state index in [1.54, 1.807) is 26.7 Å². The Bertz CT molecular complexity index is 1110. The third-order valence-corrected chi connectivity index (χ3v) is 5.00. The summed E-state index contributed by atoms with van der Waals surface area (Å²) in [7, 11) is 3.29. The van der Waals surface area contributed by atoms with Crippen LogP contribution in [0.2, 0.25) is 0 Å². The number of nitrogens with zero attached hydrogens (tertiary/aromatic N) is 2.